The van der Waals surface area contributed by atoms with Gasteiger partial charge in [-0.2, -0.15) is 4.98 Å². The Labute approximate surface area is 187 Å². The Morgan fingerprint density at radius 3 is 2.41 bits per heavy atom. The quantitative estimate of drug-likeness (QED) is 0.339. The predicted octanol–water partition coefficient (Wildman–Crippen LogP) is 4.11. The minimum absolute atomic E-state index is 0.360. The second kappa shape index (κ2) is 9.60. The molecule has 0 unspecified atom stereocenters. The van der Waals surface area contributed by atoms with E-state index in [2.05, 4.69) is 20.3 Å². The third kappa shape index (κ3) is 4.47. The monoisotopic (exact) mass is 456 g/mol. The van der Waals surface area contributed by atoms with Crippen LogP contribution in [0.5, 0.6) is 23.0 Å². The van der Waals surface area contributed by atoms with Crippen LogP contribution in [-0.2, 0) is 5.75 Å². The highest BCUT2D eigenvalue weighted by Crippen LogP contribution is 2.34. The summed E-state index contributed by atoms with van der Waals surface area (Å²) >= 11 is 1.29. The van der Waals surface area contributed by atoms with Crippen molar-refractivity contribution < 1.29 is 27.9 Å². The van der Waals surface area contributed by atoms with Crippen molar-refractivity contribution in [3.63, 3.8) is 0 Å². The van der Waals surface area contributed by atoms with Gasteiger partial charge in [-0.25, -0.2) is 0 Å². The molecule has 11 heteroatoms. The van der Waals surface area contributed by atoms with E-state index < -0.39 is 0 Å². The van der Waals surface area contributed by atoms with Crippen molar-refractivity contribution in [2.75, 3.05) is 28.4 Å². The Morgan fingerprint density at radius 1 is 0.844 bits per heavy atom. The number of rotatable bonds is 9. The van der Waals surface area contributed by atoms with Crippen molar-refractivity contribution in [3.8, 4) is 45.8 Å². The van der Waals surface area contributed by atoms with E-state index in [4.69, 9.17) is 27.9 Å². The molecule has 0 saturated carbocycles. The number of aromatic nitrogens is 4. The molecule has 0 atom stereocenters. The molecule has 0 aliphatic carbocycles. The van der Waals surface area contributed by atoms with Crippen LogP contribution in [0.25, 0.3) is 22.8 Å². The van der Waals surface area contributed by atoms with Gasteiger partial charge in [0.15, 0.2) is 11.5 Å². The summed E-state index contributed by atoms with van der Waals surface area (Å²) in [7, 11) is 6.30. The van der Waals surface area contributed by atoms with Crippen LogP contribution in [0.3, 0.4) is 0 Å². The number of nitrogens with zero attached hydrogens (tertiary/aromatic N) is 4. The minimum Gasteiger partial charge on any atom is -0.497 e. The fraction of sp³-hybridized carbons (Fsp3) is 0.238. The highest BCUT2D eigenvalue weighted by molar-refractivity contribution is 7.98. The summed E-state index contributed by atoms with van der Waals surface area (Å²) in [6, 6.07) is 10.7. The van der Waals surface area contributed by atoms with Crippen molar-refractivity contribution in [2.45, 2.75) is 11.0 Å². The van der Waals surface area contributed by atoms with Crippen molar-refractivity contribution in [1.82, 2.24) is 20.3 Å². The van der Waals surface area contributed by atoms with Crippen LogP contribution in [0.15, 0.2) is 50.6 Å². The van der Waals surface area contributed by atoms with Crippen molar-refractivity contribution in [2.24, 2.45) is 0 Å². The van der Waals surface area contributed by atoms with Crippen LogP contribution >= 0.6 is 11.8 Å². The van der Waals surface area contributed by atoms with Gasteiger partial charge < -0.3 is 27.9 Å². The normalized spacial score (nSPS) is 10.8. The van der Waals surface area contributed by atoms with Gasteiger partial charge in [-0.05, 0) is 30.3 Å². The lowest BCUT2D eigenvalue weighted by atomic mass is 10.2. The molecule has 166 valence electrons. The molecule has 2 aromatic heterocycles. The summed E-state index contributed by atoms with van der Waals surface area (Å²) in [5.41, 5.74) is 1.41. The first-order chi connectivity index (χ1) is 15.6. The Morgan fingerprint density at radius 2 is 1.66 bits per heavy atom. The van der Waals surface area contributed by atoms with E-state index in [9.17, 15) is 0 Å². The Bertz CT molecular complexity index is 1210. The average Bonchev–Trinajstić information content (AvgIpc) is 3.51. The second-order valence-electron chi connectivity index (χ2n) is 6.31. The molecule has 4 rings (SSSR count). The summed E-state index contributed by atoms with van der Waals surface area (Å²) in [6.45, 7) is 0. The lowest BCUT2D eigenvalue weighted by molar-refractivity contribution is 0.355. The maximum absolute atomic E-state index is 5.74. The van der Waals surface area contributed by atoms with Gasteiger partial charge in [-0.15, -0.1) is 10.2 Å². The highest BCUT2D eigenvalue weighted by Gasteiger charge is 2.17. The molecule has 2 aromatic carbocycles. The van der Waals surface area contributed by atoms with Gasteiger partial charge in [0, 0.05) is 11.6 Å². The van der Waals surface area contributed by atoms with Gasteiger partial charge >= 0.3 is 0 Å². The Hall–Kier alpha value is -3.73. The highest BCUT2D eigenvalue weighted by atomic mass is 32.2. The molecule has 0 aliphatic heterocycles. The summed E-state index contributed by atoms with van der Waals surface area (Å²) < 4.78 is 32.3. The average molecular weight is 456 g/mol. The fourth-order valence-corrected chi connectivity index (χ4v) is 3.48. The molecule has 10 nitrogen and oxygen atoms in total. The van der Waals surface area contributed by atoms with E-state index in [1.165, 1.54) is 11.8 Å². The standard InChI is InChI=1S/C21H20N4O6S/c1-26-13-6-7-14(16(10-13)28-3)19-22-18(31-25-19)11-32-21-24-23-20(30-21)12-5-8-15(27-2)17(9-12)29-4/h5-10H,11H2,1-4H3. The number of ether oxygens (including phenoxy) is 4. The molecule has 0 radical (unpaired) electrons. The topological polar surface area (TPSA) is 115 Å². The molecule has 0 spiro atoms. The SMILES string of the molecule is COc1ccc(-c2noc(CSc3nnc(-c4ccc(OC)c(OC)c4)o3)n2)c(OC)c1. The van der Waals surface area contributed by atoms with E-state index in [0.717, 1.165) is 0 Å². The molecule has 4 aromatic rings. The van der Waals surface area contributed by atoms with Crippen LogP contribution < -0.4 is 18.9 Å². The molecule has 0 N–H and O–H groups in total. The van der Waals surface area contributed by atoms with Crippen LogP contribution in [-0.4, -0.2) is 48.8 Å². The first-order valence-corrected chi connectivity index (χ1v) is 10.4. The van der Waals surface area contributed by atoms with Crippen molar-refractivity contribution in [1.29, 1.82) is 0 Å². The van der Waals surface area contributed by atoms with Crippen molar-refractivity contribution in [3.05, 3.63) is 42.3 Å². The zero-order valence-electron chi connectivity index (χ0n) is 17.8. The summed E-state index contributed by atoms with van der Waals surface area (Å²) in [5.74, 6) is 4.00. The summed E-state index contributed by atoms with van der Waals surface area (Å²) in [6.07, 6.45) is 0. The molecular formula is C21H20N4O6S. The zero-order chi connectivity index (χ0) is 22.5. The molecule has 32 heavy (non-hydrogen) atoms. The molecule has 2 heterocycles. The third-order valence-electron chi connectivity index (χ3n) is 4.47. The number of benzene rings is 2. The molecule has 0 aliphatic rings. The van der Waals surface area contributed by atoms with E-state index in [1.807, 2.05) is 12.1 Å². The number of hydrogen-bond acceptors (Lipinski definition) is 11. The van der Waals surface area contributed by atoms with Crippen LogP contribution in [0.4, 0.5) is 0 Å². The molecule has 0 saturated heterocycles. The van der Waals surface area contributed by atoms with E-state index in [1.54, 1.807) is 52.7 Å². The summed E-state index contributed by atoms with van der Waals surface area (Å²) in [5, 5.41) is 12.6. The van der Waals surface area contributed by atoms with E-state index in [0.29, 0.717) is 62.7 Å². The number of thioether (sulfide) groups is 1. The Balaban J connectivity index is 1.45. The minimum atomic E-state index is 0.360. The van der Waals surface area contributed by atoms with Gasteiger partial charge in [0.2, 0.25) is 17.6 Å². The van der Waals surface area contributed by atoms with Gasteiger partial charge in [0.1, 0.15) is 11.5 Å². The van der Waals surface area contributed by atoms with Gasteiger partial charge in [0.25, 0.3) is 5.22 Å². The third-order valence-corrected chi connectivity index (χ3v) is 5.28. The van der Waals surface area contributed by atoms with Crippen LogP contribution in [0.1, 0.15) is 5.89 Å². The zero-order valence-corrected chi connectivity index (χ0v) is 18.6. The molecule has 0 bridgehead atoms. The van der Waals surface area contributed by atoms with Gasteiger partial charge in [0.05, 0.1) is 39.8 Å². The number of methoxy groups -OCH3 is 4. The Kier molecular flexibility index (Phi) is 6.45. The molecule has 0 amide bonds. The predicted molar refractivity (Wildman–Crippen MR) is 115 cm³/mol. The first-order valence-electron chi connectivity index (χ1n) is 9.38. The maximum atomic E-state index is 5.74. The van der Waals surface area contributed by atoms with Crippen molar-refractivity contribution >= 4 is 11.8 Å². The van der Waals surface area contributed by atoms with E-state index >= 15 is 0 Å². The van der Waals surface area contributed by atoms with E-state index in [-0.39, 0.29) is 0 Å². The lowest BCUT2D eigenvalue weighted by Crippen LogP contribution is -1.91. The second-order valence-corrected chi connectivity index (χ2v) is 7.24. The fourth-order valence-electron chi connectivity index (χ4n) is 2.88. The number of hydrogen-bond donors (Lipinski definition) is 0. The largest absolute Gasteiger partial charge is 0.497 e. The molecular weight excluding hydrogens is 436 g/mol. The van der Waals surface area contributed by atoms with Crippen LogP contribution in [0.2, 0.25) is 0 Å². The van der Waals surface area contributed by atoms with Gasteiger partial charge in [-0.1, -0.05) is 16.9 Å². The molecule has 0 fully saturated rings. The smallest absolute Gasteiger partial charge is 0.277 e. The summed E-state index contributed by atoms with van der Waals surface area (Å²) in [4.78, 5) is 4.43. The van der Waals surface area contributed by atoms with Gasteiger partial charge in [-0.3, -0.25) is 0 Å². The maximum Gasteiger partial charge on any atom is 0.277 e. The first kappa shape index (κ1) is 21.5. The van der Waals surface area contributed by atoms with Crippen LogP contribution in [0, 0.1) is 0 Å². The lowest BCUT2D eigenvalue weighted by Gasteiger charge is -2.07.